The van der Waals surface area contributed by atoms with Gasteiger partial charge in [-0.3, -0.25) is 0 Å². The van der Waals surface area contributed by atoms with E-state index in [-0.39, 0.29) is 0 Å². The van der Waals surface area contributed by atoms with Gasteiger partial charge in [0.15, 0.2) is 0 Å². The molecule has 1 aliphatic rings. The number of hydrogen-bond acceptors (Lipinski definition) is 0. The first kappa shape index (κ1) is 23.0. The van der Waals surface area contributed by atoms with Gasteiger partial charge in [0.1, 0.15) is 0 Å². The van der Waals surface area contributed by atoms with E-state index in [1.165, 1.54) is 76.8 Å². The zero-order valence-corrected chi connectivity index (χ0v) is 22.3. The summed E-state index contributed by atoms with van der Waals surface area (Å²) in [5.74, 6) is 0. The van der Waals surface area contributed by atoms with Crippen LogP contribution < -0.4 is 0 Å². The van der Waals surface area contributed by atoms with Gasteiger partial charge < -0.3 is 0 Å². The number of benzene rings is 7. The van der Waals surface area contributed by atoms with Crippen molar-refractivity contribution < 1.29 is 0 Å². The van der Waals surface area contributed by atoms with E-state index in [9.17, 15) is 0 Å². The summed E-state index contributed by atoms with van der Waals surface area (Å²) in [6.07, 6.45) is 6.77. The second-order valence-electron chi connectivity index (χ2n) is 10.8. The predicted molar refractivity (Wildman–Crippen MR) is 173 cm³/mol. The summed E-state index contributed by atoms with van der Waals surface area (Å²) < 4.78 is 0. The highest BCUT2D eigenvalue weighted by molar-refractivity contribution is 6.22. The number of fused-ring (bicyclic) bond motifs is 4. The van der Waals surface area contributed by atoms with Crippen molar-refractivity contribution in [2.75, 3.05) is 0 Å². The maximum Gasteiger partial charge on any atom is -0.00259 e. The third-order valence-corrected chi connectivity index (χ3v) is 8.48. The maximum atomic E-state index is 2.43. The number of rotatable bonds is 3. The first-order chi connectivity index (χ1) is 19.8. The van der Waals surface area contributed by atoms with Gasteiger partial charge in [-0.05, 0) is 102 Å². The van der Waals surface area contributed by atoms with E-state index in [4.69, 9.17) is 0 Å². The highest BCUT2D eigenvalue weighted by Crippen LogP contribution is 2.45. The van der Waals surface area contributed by atoms with Gasteiger partial charge in [0.05, 0.1) is 0 Å². The van der Waals surface area contributed by atoms with Crippen LogP contribution in [-0.4, -0.2) is 0 Å². The Labute approximate surface area is 234 Å². The molecule has 0 spiro atoms. The van der Waals surface area contributed by atoms with Crippen LogP contribution in [0.3, 0.4) is 0 Å². The van der Waals surface area contributed by atoms with Crippen molar-refractivity contribution in [2.45, 2.75) is 12.8 Å². The molecule has 7 aromatic carbocycles. The van der Waals surface area contributed by atoms with Gasteiger partial charge in [-0.2, -0.15) is 0 Å². The quantitative estimate of drug-likeness (QED) is 0.208. The molecule has 7 aromatic rings. The van der Waals surface area contributed by atoms with Crippen molar-refractivity contribution in [1.82, 2.24) is 0 Å². The lowest BCUT2D eigenvalue weighted by molar-refractivity contribution is 0.986. The summed E-state index contributed by atoms with van der Waals surface area (Å²) in [6, 6.07) is 49.4. The van der Waals surface area contributed by atoms with Crippen molar-refractivity contribution in [3.8, 4) is 33.4 Å². The second-order valence-corrected chi connectivity index (χ2v) is 10.8. The van der Waals surface area contributed by atoms with E-state index in [0.29, 0.717) is 0 Å². The molecule has 0 saturated heterocycles. The highest BCUT2D eigenvalue weighted by Gasteiger charge is 2.18. The van der Waals surface area contributed by atoms with E-state index in [1.54, 1.807) is 0 Å². The Hall–Kier alpha value is -4.94. The molecule has 0 bridgehead atoms. The zero-order chi connectivity index (χ0) is 26.5. The molecule has 0 aromatic heterocycles. The number of allylic oxidation sites excluding steroid dienone is 1. The van der Waals surface area contributed by atoms with Crippen LogP contribution in [0.1, 0.15) is 17.5 Å². The minimum absolute atomic E-state index is 1.10. The maximum absolute atomic E-state index is 2.43. The molecule has 1 aliphatic carbocycles. The molecule has 0 aliphatic heterocycles. The Morgan fingerprint density at radius 1 is 0.400 bits per heavy atom. The summed E-state index contributed by atoms with van der Waals surface area (Å²) in [5, 5.41) is 7.73. The molecule has 0 radical (unpaired) electrons. The average molecular weight is 509 g/mol. The summed E-state index contributed by atoms with van der Waals surface area (Å²) in [4.78, 5) is 0. The molecule has 0 nitrogen and oxygen atoms in total. The first-order valence-corrected chi connectivity index (χ1v) is 14.2. The lowest BCUT2D eigenvalue weighted by atomic mass is 9.83. The van der Waals surface area contributed by atoms with Gasteiger partial charge in [-0.25, -0.2) is 0 Å². The lowest BCUT2D eigenvalue weighted by Gasteiger charge is -2.20. The van der Waals surface area contributed by atoms with Gasteiger partial charge in [0, 0.05) is 0 Å². The van der Waals surface area contributed by atoms with Crippen LogP contribution >= 0.6 is 0 Å². The fourth-order valence-electron chi connectivity index (χ4n) is 6.54. The van der Waals surface area contributed by atoms with Gasteiger partial charge in [-0.1, -0.05) is 133 Å². The third kappa shape index (κ3) is 3.76. The summed E-state index contributed by atoms with van der Waals surface area (Å²) >= 11 is 0. The standard InChI is InChI=1S/C40H28/c1-2-10-27(11-3-1)32-22-23-37-38(26-32)40(34-21-19-29-13-5-7-15-31(29)25-34)36-17-9-8-16-35(36)39(37)33-20-18-28-12-4-6-14-30(28)24-33/h1-5,7-13,15-26H,6,14H2. The van der Waals surface area contributed by atoms with Gasteiger partial charge in [0.25, 0.3) is 0 Å². The monoisotopic (exact) mass is 508 g/mol. The van der Waals surface area contributed by atoms with Gasteiger partial charge >= 0.3 is 0 Å². The molecule has 0 saturated carbocycles. The van der Waals surface area contributed by atoms with E-state index >= 15 is 0 Å². The highest BCUT2D eigenvalue weighted by atomic mass is 14.2. The Kier molecular flexibility index (Phi) is 5.38. The van der Waals surface area contributed by atoms with E-state index in [1.807, 2.05) is 0 Å². The van der Waals surface area contributed by atoms with Crippen LogP contribution in [0, 0.1) is 0 Å². The third-order valence-electron chi connectivity index (χ3n) is 8.48. The Morgan fingerprint density at radius 2 is 1.05 bits per heavy atom. The van der Waals surface area contributed by atoms with Gasteiger partial charge in [0.2, 0.25) is 0 Å². The smallest absolute Gasteiger partial charge is 0.00259 e. The van der Waals surface area contributed by atoms with Crippen molar-refractivity contribution in [3.05, 3.63) is 151 Å². The first-order valence-electron chi connectivity index (χ1n) is 14.2. The Balaban J connectivity index is 1.49. The van der Waals surface area contributed by atoms with E-state index in [2.05, 4.69) is 146 Å². The predicted octanol–water partition coefficient (Wildman–Crippen LogP) is 11.1. The molecule has 0 heterocycles. The van der Waals surface area contributed by atoms with E-state index in [0.717, 1.165) is 12.8 Å². The molecule has 0 N–H and O–H groups in total. The van der Waals surface area contributed by atoms with Crippen molar-refractivity contribution >= 4 is 38.4 Å². The van der Waals surface area contributed by atoms with Crippen LogP contribution in [0.25, 0.3) is 71.8 Å². The topological polar surface area (TPSA) is 0 Å². The summed E-state index contributed by atoms with van der Waals surface area (Å²) in [7, 11) is 0. The molecule has 0 fully saturated rings. The molecule has 0 unspecified atom stereocenters. The van der Waals surface area contributed by atoms with Crippen LogP contribution in [0.4, 0.5) is 0 Å². The number of aryl methyl sites for hydroxylation is 1. The Morgan fingerprint density at radius 3 is 1.90 bits per heavy atom. The normalized spacial score (nSPS) is 12.7. The number of hydrogen-bond donors (Lipinski definition) is 0. The van der Waals surface area contributed by atoms with E-state index < -0.39 is 0 Å². The van der Waals surface area contributed by atoms with Crippen LogP contribution in [0.2, 0.25) is 0 Å². The zero-order valence-electron chi connectivity index (χ0n) is 22.3. The largest absolute Gasteiger partial charge is 0.0836 e. The minimum Gasteiger partial charge on any atom is -0.0836 e. The molecular weight excluding hydrogens is 480 g/mol. The second kappa shape index (κ2) is 9.36. The molecule has 40 heavy (non-hydrogen) atoms. The van der Waals surface area contributed by atoms with Crippen LogP contribution in [-0.2, 0) is 6.42 Å². The van der Waals surface area contributed by atoms with Crippen molar-refractivity contribution in [3.63, 3.8) is 0 Å². The van der Waals surface area contributed by atoms with Crippen molar-refractivity contribution in [2.24, 2.45) is 0 Å². The van der Waals surface area contributed by atoms with Crippen molar-refractivity contribution in [1.29, 1.82) is 0 Å². The lowest BCUT2D eigenvalue weighted by Crippen LogP contribution is -1.96. The fraction of sp³-hybridized carbons (Fsp3) is 0.0500. The van der Waals surface area contributed by atoms with Gasteiger partial charge in [-0.15, -0.1) is 0 Å². The SMILES string of the molecule is C1=Cc2ccc(-c3c4ccccc4c(-c4ccc5ccccc5c4)c4cc(-c5ccccc5)ccc34)cc2CC1. The minimum atomic E-state index is 1.10. The average Bonchev–Trinajstić information content (AvgIpc) is 3.03. The molecular formula is C40H28. The Bertz CT molecular complexity index is 2090. The molecule has 8 rings (SSSR count). The molecule has 188 valence electrons. The van der Waals surface area contributed by atoms with Crippen LogP contribution in [0.5, 0.6) is 0 Å². The summed E-state index contributed by atoms with van der Waals surface area (Å²) in [5.41, 5.74) is 10.5. The molecule has 0 amide bonds. The fourth-order valence-corrected chi connectivity index (χ4v) is 6.54. The molecule has 0 atom stereocenters. The molecule has 0 heteroatoms. The van der Waals surface area contributed by atoms with Crippen LogP contribution in [0.15, 0.2) is 140 Å². The summed E-state index contributed by atoms with van der Waals surface area (Å²) in [6.45, 7) is 0.